The van der Waals surface area contributed by atoms with Crippen LogP contribution in [0.3, 0.4) is 0 Å². The second-order valence-corrected chi connectivity index (χ2v) is 6.47. The molecule has 1 aliphatic rings. The lowest BCUT2D eigenvalue weighted by atomic mass is 9.98. The second kappa shape index (κ2) is 8.23. The summed E-state index contributed by atoms with van der Waals surface area (Å²) in [6, 6.07) is 4.65. The van der Waals surface area contributed by atoms with E-state index in [0.717, 1.165) is 25.9 Å². The third-order valence-electron chi connectivity index (χ3n) is 4.63. The van der Waals surface area contributed by atoms with Crippen LogP contribution >= 0.6 is 0 Å². The van der Waals surface area contributed by atoms with Crippen molar-refractivity contribution < 1.29 is 23.5 Å². The third kappa shape index (κ3) is 4.16. The fourth-order valence-electron chi connectivity index (χ4n) is 3.27. The fraction of sp³-hybridized carbons (Fsp3) is 0.474. The first-order valence-electron chi connectivity index (χ1n) is 8.77. The first kappa shape index (κ1) is 18.3. The number of aromatic hydroxyl groups is 1. The minimum absolute atomic E-state index is 0.0323. The van der Waals surface area contributed by atoms with Crippen molar-refractivity contribution in [1.82, 2.24) is 4.90 Å². The maximum atomic E-state index is 12.3. The Morgan fingerprint density at radius 3 is 2.77 bits per heavy atom. The van der Waals surface area contributed by atoms with Crippen molar-refractivity contribution in [1.29, 1.82) is 0 Å². The lowest BCUT2D eigenvalue weighted by Gasteiger charge is -2.26. The Hall–Kier alpha value is -2.54. The van der Waals surface area contributed by atoms with E-state index in [9.17, 15) is 14.7 Å². The summed E-state index contributed by atoms with van der Waals surface area (Å²) in [5.74, 6) is -0.806. The van der Waals surface area contributed by atoms with Gasteiger partial charge in [0.15, 0.2) is 5.76 Å². The van der Waals surface area contributed by atoms with Crippen LogP contribution in [0.1, 0.15) is 48.9 Å². The van der Waals surface area contributed by atoms with Crippen LogP contribution < -0.4 is 5.43 Å². The predicted molar refractivity (Wildman–Crippen MR) is 93.0 cm³/mol. The highest BCUT2D eigenvalue weighted by atomic mass is 16.5. The standard InChI is InChI=1S/C19H23NO6/c1-24-17(22)11-14(16-6-5-9-25-16)19-18(23)15(21)10-13(26-19)12-20-7-3-2-4-8-20/h5-6,9-10,14,23H,2-4,7-8,11-12H2,1H3/t14-/m1/s1. The summed E-state index contributed by atoms with van der Waals surface area (Å²) < 4.78 is 16.0. The number of ether oxygens (including phenoxy) is 1. The van der Waals surface area contributed by atoms with Gasteiger partial charge in [0.1, 0.15) is 11.5 Å². The molecule has 7 heteroatoms. The van der Waals surface area contributed by atoms with Crippen molar-refractivity contribution in [3.63, 3.8) is 0 Å². The van der Waals surface area contributed by atoms with Gasteiger partial charge in [0.25, 0.3) is 0 Å². The molecule has 140 valence electrons. The van der Waals surface area contributed by atoms with Gasteiger partial charge < -0.3 is 18.7 Å². The molecule has 1 saturated heterocycles. The van der Waals surface area contributed by atoms with E-state index in [-0.39, 0.29) is 12.2 Å². The summed E-state index contributed by atoms with van der Waals surface area (Å²) in [4.78, 5) is 26.3. The summed E-state index contributed by atoms with van der Waals surface area (Å²) in [7, 11) is 1.28. The van der Waals surface area contributed by atoms with Gasteiger partial charge in [-0.25, -0.2) is 0 Å². The highest BCUT2D eigenvalue weighted by molar-refractivity contribution is 5.71. The molecule has 0 bridgehead atoms. The third-order valence-corrected chi connectivity index (χ3v) is 4.63. The van der Waals surface area contributed by atoms with E-state index in [1.54, 1.807) is 12.1 Å². The van der Waals surface area contributed by atoms with Gasteiger partial charge in [-0.3, -0.25) is 14.5 Å². The molecule has 7 nitrogen and oxygen atoms in total. The number of hydrogen-bond acceptors (Lipinski definition) is 7. The van der Waals surface area contributed by atoms with Crippen LogP contribution in [0, 0.1) is 0 Å². The second-order valence-electron chi connectivity index (χ2n) is 6.47. The number of nitrogens with zero attached hydrogens (tertiary/aromatic N) is 1. The van der Waals surface area contributed by atoms with Crippen LogP contribution in [0.5, 0.6) is 5.75 Å². The molecule has 26 heavy (non-hydrogen) atoms. The molecule has 0 saturated carbocycles. The van der Waals surface area contributed by atoms with Gasteiger partial charge in [0.05, 0.1) is 32.3 Å². The Morgan fingerprint density at radius 2 is 2.12 bits per heavy atom. The van der Waals surface area contributed by atoms with Crippen molar-refractivity contribution in [2.75, 3.05) is 20.2 Å². The number of rotatable bonds is 6. The number of piperidine rings is 1. The molecule has 0 aliphatic carbocycles. The Morgan fingerprint density at radius 1 is 1.35 bits per heavy atom. The van der Waals surface area contributed by atoms with E-state index in [1.807, 2.05) is 0 Å². The first-order valence-corrected chi connectivity index (χ1v) is 8.77. The largest absolute Gasteiger partial charge is 0.502 e. The van der Waals surface area contributed by atoms with E-state index in [2.05, 4.69) is 4.90 Å². The average Bonchev–Trinajstić information content (AvgIpc) is 3.18. The molecule has 0 aromatic carbocycles. The smallest absolute Gasteiger partial charge is 0.306 e. The molecule has 3 heterocycles. The van der Waals surface area contributed by atoms with Gasteiger partial charge >= 0.3 is 5.97 Å². The molecule has 0 unspecified atom stereocenters. The number of hydrogen-bond donors (Lipinski definition) is 1. The van der Waals surface area contributed by atoms with E-state index in [1.165, 1.54) is 25.9 Å². The van der Waals surface area contributed by atoms with Gasteiger partial charge in [0.2, 0.25) is 11.2 Å². The molecule has 0 spiro atoms. The van der Waals surface area contributed by atoms with E-state index in [0.29, 0.717) is 18.1 Å². The molecule has 1 N–H and O–H groups in total. The maximum Gasteiger partial charge on any atom is 0.306 e. The van der Waals surface area contributed by atoms with Gasteiger partial charge in [-0.2, -0.15) is 0 Å². The molecule has 0 amide bonds. The summed E-state index contributed by atoms with van der Waals surface area (Å²) in [5, 5.41) is 10.3. The molecular weight excluding hydrogens is 338 g/mol. The predicted octanol–water partition coefficient (Wildman–Crippen LogP) is 2.62. The highest BCUT2D eigenvalue weighted by Crippen LogP contribution is 2.33. The molecule has 1 fully saturated rings. The quantitative estimate of drug-likeness (QED) is 0.791. The molecule has 2 aromatic heterocycles. The van der Waals surface area contributed by atoms with Crippen LogP contribution in [0.25, 0.3) is 0 Å². The number of esters is 1. The topological polar surface area (TPSA) is 93.1 Å². The lowest BCUT2D eigenvalue weighted by molar-refractivity contribution is -0.141. The van der Waals surface area contributed by atoms with E-state index < -0.39 is 23.1 Å². The summed E-state index contributed by atoms with van der Waals surface area (Å²) >= 11 is 0. The minimum atomic E-state index is -0.730. The molecule has 2 aromatic rings. The normalized spacial score (nSPS) is 16.3. The monoisotopic (exact) mass is 361 g/mol. The highest BCUT2D eigenvalue weighted by Gasteiger charge is 2.28. The van der Waals surface area contributed by atoms with Crippen LogP contribution in [0.4, 0.5) is 0 Å². The maximum absolute atomic E-state index is 12.3. The van der Waals surface area contributed by atoms with Gasteiger partial charge in [-0.05, 0) is 38.1 Å². The number of carbonyl (C=O) groups excluding carboxylic acids is 1. The summed E-state index contributed by atoms with van der Waals surface area (Å²) in [6.45, 7) is 2.39. The molecule has 0 radical (unpaired) electrons. The Kier molecular flexibility index (Phi) is 5.78. The van der Waals surface area contributed by atoms with Gasteiger partial charge in [0, 0.05) is 6.07 Å². The number of likely N-dealkylation sites (tertiary alicyclic amines) is 1. The van der Waals surface area contributed by atoms with Crippen molar-refractivity contribution in [3.8, 4) is 5.75 Å². The van der Waals surface area contributed by atoms with Crippen LogP contribution in [-0.2, 0) is 16.1 Å². The zero-order valence-electron chi connectivity index (χ0n) is 14.8. The SMILES string of the molecule is COC(=O)C[C@H](c1ccco1)c1oc(CN2CCCCC2)cc(=O)c1O. The first-order chi connectivity index (χ1) is 12.6. The van der Waals surface area contributed by atoms with Crippen LogP contribution in [0.15, 0.2) is 38.1 Å². The van der Waals surface area contributed by atoms with E-state index in [4.69, 9.17) is 13.6 Å². The summed E-state index contributed by atoms with van der Waals surface area (Å²) in [6.07, 6.45) is 4.81. The lowest BCUT2D eigenvalue weighted by Crippen LogP contribution is -2.29. The van der Waals surface area contributed by atoms with Crippen molar-refractivity contribution in [2.24, 2.45) is 0 Å². The molecule has 3 rings (SSSR count). The zero-order valence-corrected chi connectivity index (χ0v) is 14.8. The number of furan rings is 1. The average molecular weight is 361 g/mol. The fourth-order valence-corrected chi connectivity index (χ4v) is 3.27. The summed E-state index contributed by atoms with van der Waals surface area (Å²) in [5.41, 5.74) is -0.528. The number of carbonyl (C=O) groups is 1. The number of methoxy groups -OCH3 is 1. The van der Waals surface area contributed by atoms with Crippen molar-refractivity contribution in [3.05, 3.63) is 52.0 Å². The Balaban J connectivity index is 1.94. The molecular formula is C19H23NO6. The Bertz CT molecular complexity index is 789. The van der Waals surface area contributed by atoms with Crippen LogP contribution in [0.2, 0.25) is 0 Å². The van der Waals surface area contributed by atoms with Crippen LogP contribution in [-0.4, -0.2) is 36.2 Å². The van der Waals surface area contributed by atoms with Gasteiger partial charge in [-0.1, -0.05) is 6.42 Å². The Labute approximate surface area is 151 Å². The van der Waals surface area contributed by atoms with Gasteiger partial charge in [-0.15, -0.1) is 0 Å². The zero-order chi connectivity index (χ0) is 18.5. The minimum Gasteiger partial charge on any atom is -0.502 e. The van der Waals surface area contributed by atoms with E-state index >= 15 is 0 Å². The molecule has 1 aliphatic heterocycles. The molecule has 1 atom stereocenters. The van der Waals surface area contributed by atoms with Crippen molar-refractivity contribution in [2.45, 2.75) is 38.1 Å². The van der Waals surface area contributed by atoms with Crippen molar-refractivity contribution >= 4 is 5.97 Å².